The lowest BCUT2D eigenvalue weighted by Crippen LogP contribution is -2.29. The summed E-state index contributed by atoms with van der Waals surface area (Å²) in [5.41, 5.74) is 1.33. The Hall–Kier alpha value is -1.11. The number of rotatable bonds is 17. The van der Waals surface area contributed by atoms with Crippen molar-refractivity contribution < 1.29 is 13.5 Å². The fraction of sp³-hybridized carbons (Fsp3) is 0.739. The third-order valence-corrected chi connectivity index (χ3v) is 5.94. The van der Waals surface area contributed by atoms with Crippen molar-refractivity contribution in [1.29, 1.82) is 0 Å². The number of hydrogen-bond donors (Lipinski definition) is 3. The normalized spacial score (nSPS) is 13.9. The Bertz CT molecular complexity index is 632. The van der Waals surface area contributed by atoms with Crippen LogP contribution in [0.3, 0.4) is 0 Å². The number of hydrogen-bond acceptors (Lipinski definition) is 4. The van der Waals surface area contributed by atoms with E-state index >= 15 is 0 Å². The van der Waals surface area contributed by atoms with Crippen LogP contribution in [0.5, 0.6) is 0 Å². The average Bonchev–Trinajstić information content (AvgIpc) is 2.68. The summed E-state index contributed by atoms with van der Waals surface area (Å²) < 4.78 is 24.9. The zero-order valence-electron chi connectivity index (χ0n) is 18.6. The quantitative estimate of drug-likeness (QED) is 0.292. The van der Waals surface area contributed by atoms with Gasteiger partial charge in [0.1, 0.15) is 0 Å². The molecule has 0 heterocycles. The van der Waals surface area contributed by atoms with E-state index in [1.165, 1.54) is 51.4 Å². The monoisotopic (exact) mass is 426 g/mol. The molecule has 0 saturated carbocycles. The van der Waals surface area contributed by atoms with Crippen molar-refractivity contribution in [2.75, 3.05) is 17.5 Å². The highest BCUT2D eigenvalue weighted by Crippen LogP contribution is 2.20. The second-order valence-electron chi connectivity index (χ2n) is 8.12. The average molecular weight is 427 g/mol. The Labute approximate surface area is 178 Å². The van der Waals surface area contributed by atoms with E-state index in [2.05, 4.69) is 23.9 Å². The number of nitrogens with one attached hydrogen (secondary N) is 2. The maximum Gasteiger partial charge on any atom is 0.229 e. The van der Waals surface area contributed by atoms with Gasteiger partial charge in [-0.2, -0.15) is 0 Å². The molecule has 0 amide bonds. The summed E-state index contributed by atoms with van der Waals surface area (Å²) in [7, 11) is -3.27. The van der Waals surface area contributed by atoms with E-state index in [-0.39, 0.29) is 0 Å². The summed E-state index contributed by atoms with van der Waals surface area (Å²) in [6.45, 7) is 5.41. The minimum absolute atomic E-state index is 0.515. The molecule has 5 nitrogen and oxygen atoms in total. The Kier molecular flexibility index (Phi) is 13.2. The van der Waals surface area contributed by atoms with Crippen LogP contribution in [0.15, 0.2) is 24.3 Å². The third-order valence-electron chi connectivity index (χ3n) is 5.33. The topological polar surface area (TPSA) is 78.4 Å². The predicted molar refractivity (Wildman–Crippen MR) is 124 cm³/mol. The molecule has 0 aliphatic heterocycles. The Morgan fingerprint density at radius 3 is 2.10 bits per heavy atom. The molecule has 3 N–H and O–H groups in total. The van der Waals surface area contributed by atoms with Gasteiger partial charge in [0, 0.05) is 11.7 Å². The van der Waals surface area contributed by atoms with Crippen LogP contribution in [0.2, 0.25) is 0 Å². The van der Waals surface area contributed by atoms with E-state index in [1.54, 1.807) is 24.3 Å². The van der Waals surface area contributed by atoms with E-state index < -0.39 is 16.1 Å². The molecule has 1 aromatic carbocycles. The van der Waals surface area contributed by atoms with Gasteiger partial charge in [-0.25, -0.2) is 8.42 Å². The standard InChI is InChI=1S/C23H42N2O3S/c1-4-6-7-8-9-10-11-13-21(5-2)24-19-12-14-23(26)20-15-17-22(18-16-20)25-29(3,27)28/h15-18,21,23-26H,4-14,19H2,1-3H3. The van der Waals surface area contributed by atoms with Gasteiger partial charge in [-0.3, -0.25) is 4.72 Å². The summed E-state index contributed by atoms with van der Waals surface area (Å²) in [5.74, 6) is 0. The SMILES string of the molecule is CCCCCCCCCC(CC)NCCCC(O)c1ccc(NS(C)(=O)=O)cc1. The van der Waals surface area contributed by atoms with Crippen molar-refractivity contribution >= 4 is 15.7 Å². The number of sulfonamides is 1. The van der Waals surface area contributed by atoms with Crippen molar-refractivity contribution in [3.05, 3.63) is 29.8 Å². The van der Waals surface area contributed by atoms with Gasteiger partial charge < -0.3 is 10.4 Å². The Morgan fingerprint density at radius 1 is 0.897 bits per heavy atom. The van der Waals surface area contributed by atoms with Crippen molar-refractivity contribution in [3.8, 4) is 0 Å². The van der Waals surface area contributed by atoms with Gasteiger partial charge in [0.2, 0.25) is 10.0 Å². The molecule has 0 bridgehead atoms. The first-order valence-corrected chi connectivity index (χ1v) is 13.2. The second-order valence-corrected chi connectivity index (χ2v) is 9.87. The minimum Gasteiger partial charge on any atom is -0.388 e. The smallest absolute Gasteiger partial charge is 0.229 e. The lowest BCUT2D eigenvalue weighted by Gasteiger charge is -2.18. The lowest BCUT2D eigenvalue weighted by molar-refractivity contribution is 0.164. The predicted octanol–water partition coefficient (Wildman–Crippen LogP) is 5.38. The molecule has 0 aliphatic carbocycles. The molecule has 1 rings (SSSR count). The Balaban J connectivity index is 2.19. The van der Waals surface area contributed by atoms with Crippen LogP contribution < -0.4 is 10.0 Å². The largest absolute Gasteiger partial charge is 0.388 e. The fourth-order valence-electron chi connectivity index (χ4n) is 3.55. The summed E-state index contributed by atoms with van der Waals surface area (Å²) in [4.78, 5) is 0. The first-order valence-electron chi connectivity index (χ1n) is 11.3. The first-order chi connectivity index (χ1) is 13.9. The molecule has 29 heavy (non-hydrogen) atoms. The summed E-state index contributed by atoms with van der Waals surface area (Å²) in [6.07, 6.45) is 14.0. The molecule has 0 aliphatic rings. The van der Waals surface area contributed by atoms with Crippen molar-refractivity contribution in [2.24, 2.45) is 0 Å². The molecular formula is C23H42N2O3S. The van der Waals surface area contributed by atoms with Gasteiger partial charge in [0.05, 0.1) is 12.4 Å². The first kappa shape index (κ1) is 25.9. The van der Waals surface area contributed by atoms with Crippen LogP contribution >= 0.6 is 0 Å². The maximum absolute atomic E-state index is 11.2. The van der Waals surface area contributed by atoms with Crippen molar-refractivity contribution in [1.82, 2.24) is 5.32 Å². The molecule has 0 aromatic heterocycles. The van der Waals surface area contributed by atoms with Gasteiger partial charge in [-0.05, 0) is 49.9 Å². The van der Waals surface area contributed by atoms with Crippen LogP contribution in [0.1, 0.15) is 96.1 Å². The number of aliphatic hydroxyl groups is 1. The molecular weight excluding hydrogens is 384 g/mol. The molecule has 2 unspecified atom stereocenters. The number of anilines is 1. The fourth-order valence-corrected chi connectivity index (χ4v) is 4.12. The molecule has 168 valence electrons. The molecule has 0 saturated heterocycles. The van der Waals surface area contributed by atoms with Crippen molar-refractivity contribution in [2.45, 2.75) is 96.6 Å². The zero-order chi connectivity index (χ0) is 21.5. The van der Waals surface area contributed by atoms with Crippen LogP contribution in [-0.4, -0.2) is 32.4 Å². The van der Waals surface area contributed by atoms with E-state index in [4.69, 9.17) is 0 Å². The highest BCUT2D eigenvalue weighted by atomic mass is 32.2. The molecule has 6 heteroatoms. The van der Waals surface area contributed by atoms with Gasteiger partial charge in [-0.1, -0.05) is 70.9 Å². The number of benzene rings is 1. The summed E-state index contributed by atoms with van der Waals surface area (Å²) >= 11 is 0. The van der Waals surface area contributed by atoms with Gasteiger partial charge in [0.25, 0.3) is 0 Å². The van der Waals surface area contributed by atoms with Crippen LogP contribution in [0, 0.1) is 0 Å². The molecule has 1 aromatic rings. The third kappa shape index (κ3) is 12.9. The van der Waals surface area contributed by atoms with Crippen molar-refractivity contribution in [3.63, 3.8) is 0 Å². The Morgan fingerprint density at radius 2 is 1.52 bits per heavy atom. The highest BCUT2D eigenvalue weighted by Gasteiger charge is 2.10. The van der Waals surface area contributed by atoms with Gasteiger partial charge in [-0.15, -0.1) is 0 Å². The molecule has 0 fully saturated rings. The maximum atomic E-state index is 11.2. The van der Waals surface area contributed by atoms with E-state index in [0.717, 1.165) is 31.2 Å². The number of aliphatic hydroxyl groups excluding tert-OH is 1. The van der Waals surface area contributed by atoms with E-state index in [9.17, 15) is 13.5 Å². The van der Waals surface area contributed by atoms with Gasteiger partial charge >= 0.3 is 0 Å². The zero-order valence-corrected chi connectivity index (χ0v) is 19.4. The summed E-state index contributed by atoms with van der Waals surface area (Å²) in [6, 6.07) is 7.51. The van der Waals surface area contributed by atoms with E-state index in [0.29, 0.717) is 18.2 Å². The van der Waals surface area contributed by atoms with Crippen LogP contribution in [-0.2, 0) is 10.0 Å². The molecule has 0 spiro atoms. The molecule has 0 radical (unpaired) electrons. The second kappa shape index (κ2) is 14.8. The van der Waals surface area contributed by atoms with Crippen LogP contribution in [0.4, 0.5) is 5.69 Å². The van der Waals surface area contributed by atoms with Gasteiger partial charge in [0.15, 0.2) is 0 Å². The van der Waals surface area contributed by atoms with E-state index in [1.807, 2.05) is 0 Å². The summed E-state index contributed by atoms with van der Waals surface area (Å²) in [5, 5.41) is 14.0. The lowest BCUT2D eigenvalue weighted by atomic mass is 10.0. The minimum atomic E-state index is -3.27. The van der Waals surface area contributed by atoms with Crippen LogP contribution in [0.25, 0.3) is 0 Å². The highest BCUT2D eigenvalue weighted by molar-refractivity contribution is 7.92. The molecule has 2 atom stereocenters. The number of unbranched alkanes of at least 4 members (excludes halogenated alkanes) is 6.